The number of hydrogen-bond donors (Lipinski definition) is 3. The zero-order valence-electron chi connectivity index (χ0n) is 8.97. The summed E-state index contributed by atoms with van der Waals surface area (Å²) in [6.45, 7) is 1.32. The molecule has 0 saturated carbocycles. The Bertz CT molecular complexity index is 389. The fourth-order valence-electron chi connectivity index (χ4n) is 0.974. The lowest BCUT2D eigenvalue weighted by atomic mass is 10.3. The lowest BCUT2D eigenvalue weighted by Gasteiger charge is -2.10. The number of aliphatic hydroxyl groups excluding tert-OH is 1. The van der Waals surface area contributed by atoms with Crippen molar-refractivity contribution in [2.45, 2.75) is 19.6 Å². The van der Waals surface area contributed by atoms with Gasteiger partial charge < -0.3 is 10.4 Å². The first-order valence-corrected chi connectivity index (χ1v) is 4.62. The Labute approximate surface area is 91.6 Å². The molecule has 1 unspecified atom stereocenters. The molecule has 8 heteroatoms. The van der Waals surface area contributed by atoms with E-state index in [4.69, 9.17) is 5.11 Å². The molecule has 1 heterocycles. The molecule has 0 saturated heterocycles. The summed E-state index contributed by atoms with van der Waals surface area (Å²) in [5, 5.41) is 20.4. The van der Waals surface area contributed by atoms with Crippen LogP contribution in [0.4, 0.5) is 4.79 Å². The van der Waals surface area contributed by atoms with Crippen molar-refractivity contribution in [2.75, 3.05) is 7.05 Å². The van der Waals surface area contributed by atoms with E-state index in [9.17, 15) is 9.59 Å². The fraction of sp³-hybridized carbons (Fsp3) is 0.500. The number of aromatic nitrogens is 3. The van der Waals surface area contributed by atoms with Gasteiger partial charge in [-0.05, 0) is 6.92 Å². The minimum absolute atomic E-state index is 0.246. The van der Waals surface area contributed by atoms with E-state index in [1.54, 1.807) is 6.92 Å². The molecule has 8 nitrogen and oxygen atoms in total. The highest BCUT2D eigenvalue weighted by Crippen LogP contribution is 2.04. The molecular weight excluding hydrogens is 214 g/mol. The number of hydrogen-bond acceptors (Lipinski definition) is 5. The van der Waals surface area contributed by atoms with Crippen LogP contribution in [-0.4, -0.2) is 39.1 Å². The van der Waals surface area contributed by atoms with E-state index in [2.05, 4.69) is 20.9 Å². The van der Waals surface area contributed by atoms with Crippen molar-refractivity contribution >= 4 is 11.9 Å². The van der Waals surface area contributed by atoms with Gasteiger partial charge in [0.2, 0.25) is 0 Å². The monoisotopic (exact) mass is 227 g/mol. The average molecular weight is 227 g/mol. The van der Waals surface area contributed by atoms with Crippen LogP contribution in [0.25, 0.3) is 0 Å². The summed E-state index contributed by atoms with van der Waals surface area (Å²) in [6, 6.07) is -1.26. The average Bonchev–Trinajstić information content (AvgIpc) is 2.76. The van der Waals surface area contributed by atoms with Crippen molar-refractivity contribution in [3.8, 4) is 0 Å². The molecule has 16 heavy (non-hydrogen) atoms. The van der Waals surface area contributed by atoms with Gasteiger partial charge in [0, 0.05) is 7.05 Å². The highest BCUT2D eigenvalue weighted by Gasteiger charge is 2.18. The summed E-state index contributed by atoms with van der Waals surface area (Å²) in [5.74, 6) is -0.506. The van der Waals surface area contributed by atoms with Gasteiger partial charge in [0.15, 0.2) is 0 Å². The van der Waals surface area contributed by atoms with Gasteiger partial charge in [-0.1, -0.05) is 5.21 Å². The van der Waals surface area contributed by atoms with E-state index in [1.807, 2.05) is 0 Å². The quantitative estimate of drug-likeness (QED) is 0.600. The first kappa shape index (κ1) is 12.1. The highest BCUT2D eigenvalue weighted by atomic mass is 16.3. The van der Waals surface area contributed by atoms with Crippen molar-refractivity contribution < 1.29 is 14.7 Å². The number of carbonyl (C=O) groups is 2. The summed E-state index contributed by atoms with van der Waals surface area (Å²) in [5.41, 5.74) is 0.361. The number of carbonyl (C=O) groups excluding carboxylic acids is 2. The van der Waals surface area contributed by atoms with Crippen LogP contribution in [0.15, 0.2) is 6.20 Å². The Morgan fingerprint density at radius 3 is 2.81 bits per heavy atom. The largest absolute Gasteiger partial charge is 0.390 e. The summed E-state index contributed by atoms with van der Waals surface area (Å²) in [7, 11) is 1.41. The van der Waals surface area contributed by atoms with Gasteiger partial charge in [0.1, 0.15) is 11.7 Å². The van der Waals surface area contributed by atoms with Crippen LogP contribution in [-0.2, 0) is 11.4 Å². The molecule has 88 valence electrons. The third-order valence-electron chi connectivity index (χ3n) is 1.96. The summed E-state index contributed by atoms with van der Waals surface area (Å²) in [4.78, 5) is 22.4. The van der Waals surface area contributed by atoms with Gasteiger partial charge in [0.25, 0.3) is 5.91 Å². The molecular formula is C8H13N5O3. The number of urea groups is 1. The normalized spacial score (nSPS) is 11.9. The lowest BCUT2D eigenvalue weighted by Crippen LogP contribution is -2.40. The molecule has 0 aliphatic carbocycles. The van der Waals surface area contributed by atoms with Gasteiger partial charge in [-0.15, -0.1) is 5.10 Å². The van der Waals surface area contributed by atoms with Crippen LogP contribution in [0, 0.1) is 0 Å². The Hall–Kier alpha value is -1.96. The summed E-state index contributed by atoms with van der Waals surface area (Å²) >= 11 is 0. The number of imide groups is 1. The van der Waals surface area contributed by atoms with Crippen LogP contribution >= 0.6 is 0 Å². The van der Waals surface area contributed by atoms with Crippen molar-refractivity contribution in [1.29, 1.82) is 0 Å². The second-order valence-electron chi connectivity index (χ2n) is 3.09. The Morgan fingerprint density at radius 1 is 1.62 bits per heavy atom. The number of nitrogens with one attached hydrogen (secondary N) is 2. The number of aliphatic hydroxyl groups is 1. The fourth-order valence-corrected chi connectivity index (χ4v) is 0.974. The zero-order chi connectivity index (χ0) is 12.1. The molecule has 0 fully saturated rings. The topological polar surface area (TPSA) is 109 Å². The van der Waals surface area contributed by atoms with Gasteiger partial charge >= 0.3 is 6.03 Å². The molecule has 1 aromatic heterocycles. The molecule has 0 aliphatic heterocycles. The minimum atomic E-state index is -0.676. The summed E-state index contributed by atoms with van der Waals surface area (Å²) < 4.78 is 1.27. The Morgan fingerprint density at radius 2 is 2.31 bits per heavy atom. The van der Waals surface area contributed by atoms with Crippen LogP contribution in [0.3, 0.4) is 0 Å². The van der Waals surface area contributed by atoms with Gasteiger partial charge in [0.05, 0.1) is 12.8 Å². The molecule has 0 aromatic carbocycles. The summed E-state index contributed by atoms with van der Waals surface area (Å²) in [6.07, 6.45) is 1.44. The standard InChI is InChI=1S/C8H13N5O3/c1-5(7(15)10-8(16)9-2)13-3-6(4-14)11-12-13/h3,5,14H,4H2,1-2H3,(H2,9,10,15,16). The number of rotatable bonds is 3. The molecule has 0 radical (unpaired) electrons. The van der Waals surface area contributed by atoms with Gasteiger partial charge in [-0.25, -0.2) is 9.48 Å². The maximum Gasteiger partial charge on any atom is 0.321 e. The van der Waals surface area contributed by atoms with Crippen LogP contribution in [0.2, 0.25) is 0 Å². The smallest absolute Gasteiger partial charge is 0.321 e. The predicted octanol–water partition coefficient (Wildman–Crippen LogP) is -1.21. The van der Waals surface area contributed by atoms with Crippen LogP contribution < -0.4 is 10.6 Å². The number of amides is 3. The third kappa shape index (κ3) is 2.76. The maximum absolute atomic E-state index is 11.5. The molecule has 1 aromatic rings. The third-order valence-corrected chi connectivity index (χ3v) is 1.96. The van der Waals surface area contributed by atoms with E-state index >= 15 is 0 Å². The van der Waals surface area contributed by atoms with Gasteiger partial charge in [-0.2, -0.15) is 0 Å². The van der Waals surface area contributed by atoms with Crippen molar-refractivity contribution in [3.63, 3.8) is 0 Å². The molecule has 3 amide bonds. The Kier molecular flexibility index (Phi) is 3.95. The van der Waals surface area contributed by atoms with E-state index < -0.39 is 18.0 Å². The first-order chi connectivity index (χ1) is 7.58. The molecule has 0 spiro atoms. The van der Waals surface area contributed by atoms with Crippen molar-refractivity contribution in [1.82, 2.24) is 25.6 Å². The van der Waals surface area contributed by atoms with E-state index in [-0.39, 0.29) is 6.61 Å². The van der Waals surface area contributed by atoms with E-state index in [0.717, 1.165) is 0 Å². The molecule has 3 N–H and O–H groups in total. The maximum atomic E-state index is 11.5. The Balaban J connectivity index is 2.66. The van der Waals surface area contributed by atoms with Crippen molar-refractivity contribution in [3.05, 3.63) is 11.9 Å². The van der Waals surface area contributed by atoms with Gasteiger partial charge in [-0.3, -0.25) is 10.1 Å². The minimum Gasteiger partial charge on any atom is -0.390 e. The molecule has 0 bridgehead atoms. The lowest BCUT2D eigenvalue weighted by molar-refractivity contribution is -0.123. The highest BCUT2D eigenvalue weighted by molar-refractivity contribution is 5.95. The number of nitrogens with zero attached hydrogens (tertiary/aromatic N) is 3. The second-order valence-corrected chi connectivity index (χ2v) is 3.09. The van der Waals surface area contributed by atoms with Crippen molar-refractivity contribution in [2.24, 2.45) is 0 Å². The predicted molar refractivity (Wildman–Crippen MR) is 53.3 cm³/mol. The molecule has 0 aliphatic rings. The van der Waals surface area contributed by atoms with E-state index in [0.29, 0.717) is 5.69 Å². The second kappa shape index (κ2) is 5.21. The molecule has 1 rings (SSSR count). The van der Waals surface area contributed by atoms with E-state index in [1.165, 1.54) is 17.9 Å². The van der Waals surface area contributed by atoms with Crippen LogP contribution in [0.5, 0.6) is 0 Å². The first-order valence-electron chi connectivity index (χ1n) is 4.62. The zero-order valence-corrected chi connectivity index (χ0v) is 8.97. The molecule has 1 atom stereocenters. The SMILES string of the molecule is CNC(=O)NC(=O)C(C)n1cc(CO)nn1. The van der Waals surface area contributed by atoms with Crippen LogP contribution in [0.1, 0.15) is 18.7 Å².